The summed E-state index contributed by atoms with van der Waals surface area (Å²) in [6.07, 6.45) is -4.86. The quantitative estimate of drug-likeness (QED) is 0.827. The van der Waals surface area contributed by atoms with Crippen LogP contribution in [0.5, 0.6) is 5.75 Å². The molecule has 0 fully saturated rings. The first kappa shape index (κ1) is 15.7. The van der Waals surface area contributed by atoms with E-state index in [1.54, 1.807) is 0 Å². The Hall–Kier alpha value is -2.32. The molecule has 0 aliphatic carbocycles. The number of halogens is 4. The summed E-state index contributed by atoms with van der Waals surface area (Å²) < 4.78 is 50.3. The molecule has 1 aromatic rings. The Labute approximate surface area is 110 Å². The van der Waals surface area contributed by atoms with E-state index in [2.05, 4.69) is 0 Å². The summed E-state index contributed by atoms with van der Waals surface area (Å²) in [5, 5.41) is 17.8. The van der Waals surface area contributed by atoms with Gasteiger partial charge in [-0.2, -0.15) is 13.2 Å². The number of nitrogens with zero attached hydrogens (tertiary/aromatic N) is 1. The third-order valence-corrected chi connectivity index (χ3v) is 2.19. The highest BCUT2D eigenvalue weighted by atomic mass is 19.4. The Morgan fingerprint density at radius 2 is 1.85 bits per heavy atom. The second kappa shape index (κ2) is 5.76. The van der Waals surface area contributed by atoms with E-state index in [4.69, 9.17) is 5.11 Å². The summed E-state index contributed by atoms with van der Waals surface area (Å²) in [7, 11) is 0. The second-order valence-electron chi connectivity index (χ2n) is 3.80. The smallest absolute Gasteiger partial charge is 0.406 e. The molecular weight excluding hydrogens is 286 g/mol. The molecule has 1 aromatic carbocycles. The van der Waals surface area contributed by atoms with E-state index in [0.717, 1.165) is 18.2 Å². The predicted molar refractivity (Wildman–Crippen MR) is 57.7 cm³/mol. The van der Waals surface area contributed by atoms with E-state index in [-0.39, 0.29) is 4.90 Å². The Bertz CT molecular complexity index is 509. The number of amides is 1. The van der Waals surface area contributed by atoms with Gasteiger partial charge in [-0.25, -0.2) is 4.39 Å². The average molecular weight is 295 g/mol. The van der Waals surface area contributed by atoms with Crippen LogP contribution in [-0.2, 0) is 4.79 Å². The van der Waals surface area contributed by atoms with Crippen LogP contribution in [0.4, 0.5) is 17.6 Å². The van der Waals surface area contributed by atoms with Crippen molar-refractivity contribution in [2.45, 2.75) is 6.18 Å². The molecule has 0 atom stereocenters. The van der Waals surface area contributed by atoms with E-state index in [1.165, 1.54) is 0 Å². The number of carboxylic acid groups (broad SMARTS) is 1. The molecule has 0 heterocycles. The Morgan fingerprint density at radius 3 is 2.30 bits per heavy atom. The summed E-state index contributed by atoms with van der Waals surface area (Å²) >= 11 is 0. The van der Waals surface area contributed by atoms with Crippen molar-refractivity contribution in [1.29, 1.82) is 0 Å². The lowest BCUT2D eigenvalue weighted by Gasteiger charge is -2.22. The first-order chi connectivity index (χ1) is 9.11. The topological polar surface area (TPSA) is 77.8 Å². The molecule has 1 rings (SSSR count). The normalized spacial score (nSPS) is 11.2. The van der Waals surface area contributed by atoms with E-state index < -0.39 is 48.3 Å². The van der Waals surface area contributed by atoms with Crippen LogP contribution in [0.2, 0.25) is 0 Å². The third kappa shape index (κ3) is 4.11. The van der Waals surface area contributed by atoms with E-state index in [1.807, 2.05) is 0 Å². The minimum absolute atomic E-state index is 0.111. The lowest BCUT2D eigenvalue weighted by molar-refractivity contribution is -0.149. The zero-order valence-corrected chi connectivity index (χ0v) is 9.82. The average Bonchev–Trinajstić information content (AvgIpc) is 2.25. The van der Waals surface area contributed by atoms with Crippen LogP contribution in [-0.4, -0.2) is 46.3 Å². The molecule has 20 heavy (non-hydrogen) atoms. The van der Waals surface area contributed by atoms with Gasteiger partial charge in [-0.3, -0.25) is 9.59 Å². The van der Waals surface area contributed by atoms with Gasteiger partial charge < -0.3 is 15.1 Å². The van der Waals surface area contributed by atoms with Gasteiger partial charge in [0.1, 0.15) is 30.2 Å². The maximum atomic E-state index is 13.4. The van der Waals surface area contributed by atoms with Crippen molar-refractivity contribution in [3.8, 4) is 5.75 Å². The van der Waals surface area contributed by atoms with E-state index >= 15 is 0 Å². The van der Waals surface area contributed by atoms with Crippen LogP contribution in [0, 0.1) is 5.82 Å². The molecule has 5 nitrogen and oxygen atoms in total. The van der Waals surface area contributed by atoms with Crippen LogP contribution in [0.15, 0.2) is 18.2 Å². The van der Waals surface area contributed by atoms with Gasteiger partial charge >= 0.3 is 12.1 Å². The number of phenols is 1. The van der Waals surface area contributed by atoms with Crippen LogP contribution < -0.4 is 0 Å². The predicted octanol–water partition coefficient (Wildman–Crippen LogP) is 1.62. The van der Waals surface area contributed by atoms with Gasteiger partial charge in [0, 0.05) is 0 Å². The maximum Gasteiger partial charge on any atom is 0.406 e. The highest BCUT2D eigenvalue weighted by molar-refractivity contribution is 5.98. The fraction of sp³-hybridized carbons (Fsp3) is 0.273. The Morgan fingerprint density at radius 1 is 1.25 bits per heavy atom. The molecule has 0 radical (unpaired) electrons. The molecule has 0 bridgehead atoms. The summed E-state index contributed by atoms with van der Waals surface area (Å²) in [5.74, 6) is -5.36. The highest BCUT2D eigenvalue weighted by Gasteiger charge is 2.35. The van der Waals surface area contributed by atoms with Gasteiger partial charge in [0.25, 0.3) is 5.91 Å². The number of rotatable bonds is 4. The molecule has 0 unspecified atom stereocenters. The van der Waals surface area contributed by atoms with Crippen LogP contribution >= 0.6 is 0 Å². The standard InChI is InChI=1S/C11H9F4NO4/c12-6-2-1-3-7(17)9(6)10(20)16(4-8(18)19)5-11(13,14)15/h1-3,17H,4-5H2,(H,18,19). The number of carbonyl (C=O) groups is 2. The van der Waals surface area contributed by atoms with Gasteiger partial charge in [0.05, 0.1) is 0 Å². The van der Waals surface area contributed by atoms with Crippen molar-refractivity contribution >= 4 is 11.9 Å². The number of alkyl halides is 3. The summed E-state index contributed by atoms with van der Waals surface area (Å²) in [4.78, 5) is 22.1. The van der Waals surface area contributed by atoms with E-state index in [0.29, 0.717) is 0 Å². The number of carboxylic acids is 1. The zero-order valence-electron chi connectivity index (χ0n) is 9.82. The van der Waals surface area contributed by atoms with Gasteiger partial charge in [0.2, 0.25) is 0 Å². The fourth-order valence-corrected chi connectivity index (χ4v) is 1.46. The van der Waals surface area contributed by atoms with Crippen LogP contribution in [0.3, 0.4) is 0 Å². The number of hydrogen-bond donors (Lipinski definition) is 2. The molecule has 9 heteroatoms. The number of phenolic OH excluding ortho intramolecular Hbond substituents is 1. The lowest BCUT2D eigenvalue weighted by Crippen LogP contribution is -2.42. The Balaban J connectivity index is 3.13. The molecule has 0 aliphatic rings. The molecule has 0 spiro atoms. The number of aliphatic carboxylic acids is 1. The summed E-state index contributed by atoms with van der Waals surface area (Å²) in [6, 6.07) is 2.72. The third-order valence-electron chi connectivity index (χ3n) is 2.19. The number of aromatic hydroxyl groups is 1. The van der Waals surface area contributed by atoms with Crippen molar-refractivity contribution in [3.63, 3.8) is 0 Å². The second-order valence-corrected chi connectivity index (χ2v) is 3.80. The zero-order chi connectivity index (χ0) is 15.5. The monoisotopic (exact) mass is 295 g/mol. The van der Waals surface area contributed by atoms with Gasteiger partial charge in [-0.1, -0.05) is 6.07 Å². The van der Waals surface area contributed by atoms with Crippen molar-refractivity contribution in [3.05, 3.63) is 29.6 Å². The summed E-state index contributed by atoms with van der Waals surface area (Å²) in [6.45, 7) is -3.14. The van der Waals surface area contributed by atoms with Gasteiger partial charge in [0.15, 0.2) is 0 Å². The van der Waals surface area contributed by atoms with Crippen molar-refractivity contribution in [1.82, 2.24) is 4.90 Å². The van der Waals surface area contributed by atoms with Crippen molar-refractivity contribution < 1.29 is 37.4 Å². The van der Waals surface area contributed by atoms with Crippen LogP contribution in [0.1, 0.15) is 10.4 Å². The molecule has 2 N–H and O–H groups in total. The summed E-state index contributed by atoms with van der Waals surface area (Å²) in [5.41, 5.74) is -1.00. The molecular formula is C11H9F4NO4. The number of carbonyl (C=O) groups excluding carboxylic acids is 1. The minimum atomic E-state index is -4.86. The largest absolute Gasteiger partial charge is 0.507 e. The van der Waals surface area contributed by atoms with Crippen molar-refractivity contribution in [2.24, 2.45) is 0 Å². The van der Waals surface area contributed by atoms with Crippen molar-refractivity contribution in [2.75, 3.05) is 13.1 Å². The Kier molecular flexibility index (Phi) is 4.53. The maximum absolute atomic E-state index is 13.4. The number of benzene rings is 1. The molecule has 0 aliphatic heterocycles. The number of hydrogen-bond acceptors (Lipinski definition) is 3. The molecule has 0 saturated carbocycles. The van der Waals surface area contributed by atoms with Crippen LogP contribution in [0.25, 0.3) is 0 Å². The first-order valence-corrected chi connectivity index (χ1v) is 5.17. The molecule has 0 aromatic heterocycles. The molecule has 0 saturated heterocycles. The van der Waals surface area contributed by atoms with Gasteiger partial charge in [-0.15, -0.1) is 0 Å². The van der Waals surface area contributed by atoms with Gasteiger partial charge in [-0.05, 0) is 12.1 Å². The highest BCUT2D eigenvalue weighted by Crippen LogP contribution is 2.24. The first-order valence-electron chi connectivity index (χ1n) is 5.17. The van der Waals surface area contributed by atoms with E-state index in [9.17, 15) is 32.3 Å². The minimum Gasteiger partial charge on any atom is -0.507 e. The lowest BCUT2D eigenvalue weighted by atomic mass is 10.1. The fourth-order valence-electron chi connectivity index (χ4n) is 1.46. The SMILES string of the molecule is O=C(O)CN(CC(F)(F)F)C(=O)c1c(O)cccc1F. The molecule has 110 valence electrons. The molecule has 1 amide bonds.